The van der Waals surface area contributed by atoms with Gasteiger partial charge in [-0.2, -0.15) is 9.52 Å². The molecule has 0 unspecified atom stereocenters. The lowest BCUT2D eigenvalue weighted by Crippen LogP contribution is -2.28. The van der Waals surface area contributed by atoms with Crippen LogP contribution in [0, 0.1) is 6.92 Å². The first kappa shape index (κ1) is 21.3. The molecule has 0 saturated heterocycles. The van der Waals surface area contributed by atoms with E-state index in [2.05, 4.69) is 9.82 Å². The van der Waals surface area contributed by atoms with E-state index in [1.54, 1.807) is 38.1 Å². The molecule has 1 aliphatic rings. The summed E-state index contributed by atoms with van der Waals surface area (Å²) in [4.78, 5) is 0. The van der Waals surface area contributed by atoms with E-state index in [9.17, 15) is 16.8 Å². The molecule has 0 amide bonds. The standard InChI is InChI=1S/C20H25N3O4S2/c1-4-28(24,25)22-18-12-10-16(11-13-18)19-14-20(17-8-6-15(3)7-9-17)23(21-19)29(26,27)5-2/h6-13,20,22H,4-5,14H2,1-3H3/t20-/m0/s1. The van der Waals surface area contributed by atoms with Crippen LogP contribution >= 0.6 is 0 Å². The molecule has 1 atom stereocenters. The number of nitrogens with zero attached hydrogens (tertiary/aromatic N) is 2. The van der Waals surface area contributed by atoms with E-state index >= 15 is 0 Å². The van der Waals surface area contributed by atoms with Crippen molar-refractivity contribution in [3.05, 3.63) is 65.2 Å². The highest BCUT2D eigenvalue weighted by Gasteiger charge is 2.35. The Balaban J connectivity index is 1.91. The van der Waals surface area contributed by atoms with Crippen LogP contribution in [0.4, 0.5) is 5.69 Å². The number of hydrazone groups is 1. The van der Waals surface area contributed by atoms with Gasteiger partial charge in [0.25, 0.3) is 0 Å². The minimum Gasteiger partial charge on any atom is -0.284 e. The van der Waals surface area contributed by atoms with Crippen molar-refractivity contribution in [1.82, 2.24) is 4.41 Å². The molecule has 1 N–H and O–H groups in total. The molecule has 2 aromatic carbocycles. The zero-order chi connectivity index (χ0) is 21.2. The molecule has 0 spiro atoms. The van der Waals surface area contributed by atoms with Gasteiger partial charge in [0.2, 0.25) is 20.0 Å². The Kier molecular flexibility index (Phi) is 6.00. The van der Waals surface area contributed by atoms with E-state index in [1.807, 2.05) is 31.2 Å². The lowest BCUT2D eigenvalue weighted by atomic mass is 9.98. The number of aryl methyl sites for hydroxylation is 1. The lowest BCUT2D eigenvalue weighted by molar-refractivity contribution is 0.372. The molecule has 0 aliphatic carbocycles. The van der Waals surface area contributed by atoms with E-state index < -0.39 is 26.1 Å². The first-order valence-electron chi connectivity index (χ1n) is 9.42. The second kappa shape index (κ2) is 8.16. The van der Waals surface area contributed by atoms with E-state index in [0.29, 0.717) is 17.8 Å². The van der Waals surface area contributed by atoms with Gasteiger partial charge >= 0.3 is 0 Å². The molecule has 0 aromatic heterocycles. The van der Waals surface area contributed by atoms with Crippen molar-refractivity contribution in [3.63, 3.8) is 0 Å². The first-order chi connectivity index (χ1) is 13.6. The zero-order valence-electron chi connectivity index (χ0n) is 16.7. The van der Waals surface area contributed by atoms with Crippen LogP contribution in [-0.4, -0.2) is 38.5 Å². The van der Waals surface area contributed by atoms with Crippen molar-refractivity contribution in [3.8, 4) is 0 Å². The Bertz CT molecular complexity index is 1110. The normalized spacial score (nSPS) is 17.3. The summed E-state index contributed by atoms with van der Waals surface area (Å²) in [6.07, 6.45) is 0.447. The second-order valence-corrected chi connectivity index (χ2v) is 11.1. The number of anilines is 1. The molecule has 2 aromatic rings. The average molecular weight is 436 g/mol. The van der Waals surface area contributed by atoms with Gasteiger partial charge in [-0.05, 0) is 44.0 Å². The maximum atomic E-state index is 12.6. The lowest BCUT2D eigenvalue weighted by Gasteiger charge is -2.22. The van der Waals surface area contributed by atoms with Crippen molar-refractivity contribution < 1.29 is 16.8 Å². The average Bonchev–Trinajstić information content (AvgIpc) is 3.15. The topological polar surface area (TPSA) is 95.9 Å². The van der Waals surface area contributed by atoms with Crippen molar-refractivity contribution in [2.75, 3.05) is 16.2 Å². The van der Waals surface area contributed by atoms with Crippen molar-refractivity contribution in [2.45, 2.75) is 33.2 Å². The summed E-state index contributed by atoms with van der Waals surface area (Å²) in [6, 6.07) is 14.2. The SMILES string of the molecule is CCS(=O)(=O)Nc1ccc(C2=NN(S(=O)(=O)CC)[C@H](c3ccc(C)cc3)C2)cc1. The van der Waals surface area contributed by atoms with Crippen LogP contribution in [0.15, 0.2) is 53.6 Å². The van der Waals surface area contributed by atoms with Crippen LogP contribution in [0.25, 0.3) is 0 Å². The van der Waals surface area contributed by atoms with Gasteiger partial charge in [0.1, 0.15) is 0 Å². The number of sulfonamides is 2. The van der Waals surface area contributed by atoms with Gasteiger partial charge in [-0.25, -0.2) is 16.8 Å². The van der Waals surface area contributed by atoms with Crippen molar-refractivity contribution >= 4 is 31.4 Å². The van der Waals surface area contributed by atoms with E-state index in [-0.39, 0.29) is 11.5 Å². The van der Waals surface area contributed by atoms with Gasteiger partial charge in [0.15, 0.2) is 0 Å². The molecule has 9 heteroatoms. The highest BCUT2D eigenvalue weighted by Crippen LogP contribution is 2.35. The fraction of sp³-hybridized carbons (Fsp3) is 0.350. The van der Waals surface area contributed by atoms with Crippen LogP contribution in [0.3, 0.4) is 0 Å². The Morgan fingerprint density at radius 1 is 0.966 bits per heavy atom. The highest BCUT2D eigenvalue weighted by atomic mass is 32.2. The maximum absolute atomic E-state index is 12.6. The van der Waals surface area contributed by atoms with Gasteiger partial charge in [-0.15, -0.1) is 0 Å². The third kappa shape index (κ3) is 4.79. The van der Waals surface area contributed by atoms with Crippen LogP contribution in [-0.2, 0) is 20.0 Å². The summed E-state index contributed by atoms with van der Waals surface area (Å²) >= 11 is 0. The summed E-state index contributed by atoms with van der Waals surface area (Å²) in [5, 5.41) is 4.42. The Labute approximate surface area is 172 Å². The largest absolute Gasteiger partial charge is 0.284 e. The summed E-state index contributed by atoms with van der Waals surface area (Å²) in [5.74, 6) is -0.0482. The maximum Gasteiger partial charge on any atom is 0.250 e. The Hall–Kier alpha value is -2.39. The summed E-state index contributed by atoms with van der Waals surface area (Å²) < 4.78 is 52.4. The van der Waals surface area contributed by atoms with Gasteiger partial charge < -0.3 is 0 Å². The third-order valence-corrected chi connectivity index (χ3v) is 7.80. The summed E-state index contributed by atoms with van der Waals surface area (Å²) in [7, 11) is -6.88. The van der Waals surface area contributed by atoms with Gasteiger partial charge in [-0.1, -0.05) is 42.0 Å². The summed E-state index contributed by atoms with van der Waals surface area (Å²) in [6.45, 7) is 5.15. The van der Waals surface area contributed by atoms with Crippen molar-refractivity contribution in [2.24, 2.45) is 5.10 Å². The fourth-order valence-corrected chi connectivity index (χ4v) is 4.78. The molecular weight excluding hydrogens is 410 g/mol. The van der Waals surface area contributed by atoms with Gasteiger partial charge in [0, 0.05) is 12.1 Å². The Morgan fingerprint density at radius 2 is 1.59 bits per heavy atom. The molecule has 0 bridgehead atoms. The molecule has 156 valence electrons. The minimum absolute atomic E-state index is 0.0104. The quantitative estimate of drug-likeness (QED) is 0.722. The number of benzene rings is 2. The van der Waals surface area contributed by atoms with Gasteiger partial charge in [0.05, 0.1) is 23.3 Å². The van der Waals surface area contributed by atoms with E-state index in [1.165, 1.54) is 4.41 Å². The van der Waals surface area contributed by atoms with Crippen LogP contribution in [0.1, 0.15) is 43.0 Å². The first-order valence-corrected chi connectivity index (χ1v) is 12.7. The minimum atomic E-state index is -3.53. The third-order valence-electron chi connectivity index (χ3n) is 4.86. The molecule has 0 radical (unpaired) electrons. The number of hydrogen-bond donors (Lipinski definition) is 1. The van der Waals surface area contributed by atoms with Crippen molar-refractivity contribution in [1.29, 1.82) is 0 Å². The second-order valence-electron chi connectivity index (χ2n) is 6.93. The van der Waals surface area contributed by atoms with Crippen LogP contribution in [0.5, 0.6) is 0 Å². The zero-order valence-corrected chi connectivity index (χ0v) is 18.3. The number of nitrogens with one attached hydrogen (secondary N) is 1. The predicted molar refractivity (Wildman–Crippen MR) is 116 cm³/mol. The molecule has 1 aliphatic heterocycles. The fourth-order valence-electron chi connectivity index (χ4n) is 3.07. The Morgan fingerprint density at radius 3 is 2.14 bits per heavy atom. The molecule has 0 fully saturated rings. The number of rotatable bonds is 7. The predicted octanol–water partition coefficient (Wildman–Crippen LogP) is 3.26. The monoisotopic (exact) mass is 435 g/mol. The molecule has 1 heterocycles. The number of hydrogen-bond acceptors (Lipinski definition) is 5. The molecule has 0 saturated carbocycles. The van der Waals surface area contributed by atoms with E-state index in [4.69, 9.17) is 0 Å². The van der Waals surface area contributed by atoms with E-state index in [0.717, 1.165) is 16.7 Å². The molecule has 29 heavy (non-hydrogen) atoms. The highest BCUT2D eigenvalue weighted by molar-refractivity contribution is 7.92. The molecule has 3 rings (SSSR count). The van der Waals surface area contributed by atoms with Crippen LogP contribution in [0.2, 0.25) is 0 Å². The smallest absolute Gasteiger partial charge is 0.250 e. The summed E-state index contributed by atoms with van der Waals surface area (Å²) in [5.41, 5.74) is 3.86. The molecular formula is C20H25N3O4S2. The molecule has 7 nitrogen and oxygen atoms in total. The van der Waals surface area contributed by atoms with Crippen LogP contribution < -0.4 is 4.72 Å². The van der Waals surface area contributed by atoms with Gasteiger partial charge in [-0.3, -0.25) is 4.72 Å².